The number of hydrogen-bond donors (Lipinski definition) is 1. The first kappa shape index (κ1) is 12.4. The fourth-order valence-electron chi connectivity index (χ4n) is 1.43. The lowest BCUT2D eigenvalue weighted by Crippen LogP contribution is -1.95. The molecule has 18 heavy (non-hydrogen) atoms. The van der Waals surface area contributed by atoms with Crippen LogP contribution in [0.25, 0.3) is 0 Å². The SMILES string of the molecule is N#Cc1c(F)cccc1Oc1ccc(Br)cc1N. The number of nitriles is 1. The predicted molar refractivity (Wildman–Crippen MR) is 69.7 cm³/mol. The van der Waals surface area contributed by atoms with E-state index in [0.717, 1.165) is 4.47 Å². The molecule has 0 saturated carbocycles. The summed E-state index contributed by atoms with van der Waals surface area (Å²) in [5, 5.41) is 8.88. The van der Waals surface area contributed by atoms with Crippen LogP contribution in [0.15, 0.2) is 40.9 Å². The third-order valence-electron chi connectivity index (χ3n) is 2.28. The topological polar surface area (TPSA) is 59.0 Å². The molecule has 0 amide bonds. The van der Waals surface area contributed by atoms with Crippen molar-refractivity contribution in [1.29, 1.82) is 5.26 Å². The minimum absolute atomic E-state index is 0.139. The standard InChI is InChI=1S/C13H8BrFN2O/c14-8-4-5-13(11(17)6-8)18-12-3-1-2-10(15)9(12)7-16/h1-6H,17H2. The maximum Gasteiger partial charge on any atom is 0.150 e. The molecule has 0 fully saturated rings. The van der Waals surface area contributed by atoms with Crippen molar-refractivity contribution < 1.29 is 9.13 Å². The second-order valence-corrected chi connectivity index (χ2v) is 4.42. The van der Waals surface area contributed by atoms with Crippen LogP contribution in [-0.4, -0.2) is 0 Å². The second-order valence-electron chi connectivity index (χ2n) is 3.51. The summed E-state index contributed by atoms with van der Waals surface area (Å²) in [6, 6.07) is 11.0. The Morgan fingerprint density at radius 3 is 2.67 bits per heavy atom. The van der Waals surface area contributed by atoms with E-state index in [-0.39, 0.29) is 11.3 Å². The van der Waals surface area contributed by atoms with Crippen molar-refractivity contribution in [3.8, 4) is 17.6 Å². The van der Waals surface area contributed by atoms with Crippen molar-refractivity contribution in [3.05, 3.63) is 52.3 Å². The van der Waals surface area contributed by atoms with E-state index in [4.69, 9.17) is 15.7 Å². The molecule has 0 bridgehead atoms. The third-order valence-corrected chi connectivity index (χ3v) is 2.77. The molecule has 0 heterocycles. The Morgan fingerprint density at radius 2 is 2.00 bits per heavy atom. The van der Waals surface area contributed by atoms with Crippen molar-refractivity contribution in [3.63, 3.8) is 0 Å². The van der Waals surface area contributed by atoms with E-state index in [0.29, 0.717) is 11.4 Å². The molecule has 2 aromatic rings. The summed E-state index contributed by atoms with van der Waals surface area (Å²) in [6.07, 6.45) is 0. The molecule has 0 aliphatic rings. The average molecular weight is 307 g/mol. The summed E-state index contributed by atoms with van der Waals surface area (Å²) in [5.74, 6) is -0.0995. The number of benzene rings is 2. The Bertz CT molecular complexity index is 637. The van der Waals surface area contributed by atoms with Crippen molar-refractivity contribution in [2.75, 3.05) is 5.73 Å². The van der Waals surface area contributed by atoms with Gasteiger partial charge in [-0.1, -0.05) is 22.0 Å². The highest BCUT2D eigenvalue weighted by molar-refractivity contribution is 9.10. The lowest BCUT2D eigenvalue weighted by molar-refractivity contribution is 0.476. The number of rotatable bonds is 2. The van der Waals surface area contributed by atoms with Gasteiger partial charge >= 0.3 is 0 Å². The fourth-order valence-corrected chi connectivity index (χ4v) is 1.81. The van der Waals surface area contributed by atoms with Crippen LogP contribution in [0.5, 0.6) is 11.5 Å². The van der Waals surface area contributed by atoms with Crippen LogP contribution >= 0.6 is 15.9 Å². The van der Waals surface area contributed by atoms with Crippen LogP contribution in [0.2, 0.25) is 0 Å². The second kappa shape index (κ2) is 5.07. The summed E-state index contributed by atoms with van der Waals surface area (Å²) in [7, 11) is 0. The first-order valence-electron chi connectivity index (χ1n) is 5.03. The third kappa shape index (κ3) is 2.44. The van der Waals surface area contributed by atoms with Crippen molar-refractivity contribution >= 4 is 21.6 Å². The summed E-state index contributed by atoms with van der Waals surface area (Å²) < 4.78 is 19.6. The van der Waals surface area contributed by atoms with Gasteiger partial charge in [0.25, 0.3) is 0 Å². The molecule has 2 rings (SSSR count). The molecule has 0 saturated heterocycles. The van der Waals surface area contributed by atoms with E-state index in [1.807, 2.05) is 0 Å². The van der Waals surface area contributed by atoms with Crippen LogP contribution < -0.4 is 10.5 Å². The van der Waals surface area contributed by atoms with Gasteiger partial charge in [-0.05, 0) is 30.3 Å². The maximum atomic E-state index is 13.4. The zero-order chi connectivity index (χ0) is 13.1. The molecular weight excluding hydrogens is 299 g/mol. The van der Waals surface area contributed by atoms with Gasteiger partial charge in [0.05, 0.1) is 5.69 Å². The van der Waals surface area contributed by atoms with Crippen LogP contribution in [0.1, 0.15) is 5.56 Å². The molecule has 2 N–H and O–H groups in total. The normalized spacial score (nSPS) is 9.83. The Morgan fingerprint density at radius 1 is 1.22 bits per heavy atom. The molecule has 0 aliphatic carbocycles. The average Bonchev–Trinajstić information content (AvgIpc) is 2.33. The molecule has 3 nitrogen and oxygen atoms in total. The zero-order valence-corrected chi connectivity index (χ0v) is 10.7. The number of nitrogens with two attached hydrogens (primary N) is 1. The highest BCUT2D eigenvalue weighted by Gasteiger charge is 2.11. The first-order valence-corrected chi connectivity index (χ1v) is 5.82. The van der Waals surface area contributed by atoms with Crippen molar-refractivity contribution in [1.82, 2.24) is 0 Å². The van der Waals surface area contributed by atoms with Gasteiger partial charge in [0.1, 0.15) is 28.9 Å². The fraction of sp³-hybridized carbons (Fsp3) is 0. The summed E-state index contributed by atoms with van der Waals surface area (Å²) >= 11 is 3.27. The van der Waals surface area contributed by atoms with Crippen molar-refractivity contribution in [2.24, 2.45) is 0 Å². The summed E-state index contributed by atoms with van der Waals surface area (Å²) in [6.45, 7) is 0. The zero-order valence-electron chi connectivity index (χ0n) is 9.15. The highest BCUT2D eigenvalue weighted by atomic mass is 79.9. The monoisotopic (exact) mass is 306 g/mol. The Balaban J connectivity index is 2.41. The van der Waals surface area contributed by atoms with E-state index in [1.54, 1.807) is 24.3 Å². The van der Waals surface area contributed by atoms with Gasteiger partial charge in [0.15, 0.2) is 0 Å². The Kier molecular flexibility index (Phi) is 3.49. The van der Waals surface area contributed by atoms with Gasteiger partial charge in [-0.15, -0.1) is 0 Å². The lowest BCUT2D eigenvalue weighted by Gasteiger charge is -2.10. The summed E-state index contributed by atoms with van der Waals surface area (Å²) in [5.41, 5.74) is 6.03. The van der Waals surface area contributed by atoms with Crippen molar-refractivity contribution in [2.45, 2.75) is 0 Å². The largest absolute Gasteiger partial charge is 0.454 e. The van der Waals surface area contributed by atoms with Crippen LogP contribution in [0.4, 0.5) is 10.1 Å². The van der Waals surface area contributed by atoms with Gasteiger partial charge in [0, 0.05) is 4.47 Å². The molecule has 0 atom stereocenters. The minimum Gasteiger partial charge on any atom is -0.454 e. The van der Waals surface area contributed by atoms with Gasteiger partial charge in [0.2, 0.25) is 0 Å². The maximum absolute atomic E-state index is 13.4. The molecule has 0 spiro atoms. The molecule has 2 aromatic carbocycles. The number of halogens is 2. The number of ether oxygens (including phenoxy) is 1. The molecule has 0 aromatic heterocycles. The summed E-state index contributed by atoms with van der Waals surface area (Å²) in [4.78, 5) is 0. The van der Waals surface area contributed by atoms with Gasteiger partial charge in [-0.3, -0.25) is 0 Å². The van der Waals surface area contributed by atoms with E-state index in [2.05, 4.69) is 15.9 Å². The van der Waals surface area contributed by atoms with E-state index >= 15 is 0 Å². The molecule has 90 valence electrons. The Hall–Kier alpha value is -2.06. The smallest absolute Gasteiger partial charge is 0.150 e. The molecule has 0 aliphatic heterocycles. The van der Waals surface area contributed by atoms with Crippen LogP contribution in [0.3, 0.4) is 0 Å². The van der Waals surface area contributed by atoms with Gasteiger partial charge < -0.3 is 10.5 Å². The highest BCUT2D eigenvalue weighted by Crippen LogP contribution is 2.32. The molecule has 0 unspecified atom stereocenters. The minimum atomic E-state index is -0.620. The molecule has 0 radical (unpaired) electrons. The van der Waals surface area contributed by atoms with E-state index in [1.165, 1.54) is 18.2 Å². The Labute approximate surface area is 112 Å². The quantitative estimate of drug-likeness (QED) is 0.858. The number of nitrogens with zero attached hydrogens (tertiary/aromatic N) is 1. The predicted octanol–water partition coefficient (Wildman–Crippen LogP) is 3.83. The number of anilines is 1. The van der Waals surface area contributed by atoms with Crippen LogP contribution in [0, 0.1) is 17.1 Å². The molecule has 5 heteroatoms. The number of nitrogen functional groups attached to an aromatic ring is 1. The van der Waals surface area contributed by atoms with Gasteiger partial charge in [-0.25, -0.2) is 4.39 Å². The van der Waals surface area contributed by atoms with Gasteiger partial charge in [-0.2, -0.15) is 5.26 Å². The number of hydrogen-bond acceptors (Lipinski definition) is 3. The lowest BCUT2D eigenvalue weighted by atomic mass is 10.2. The first-order chi connectivity index (χ1) is 8.61. The molecular formula is C13H8BrFN2O. The van der Waals surface area contributed by atoms with E-state index < -0.39 is 5.82 Å². The van der Waals surface area contributed by atoms with E-state index in [9.17, 15) is 4.39 Å². The van der Waals surface area contributed by atoms with Crippen LogP contribution in [-0.2, 0) is 0 Å².